The highest BCUT2D eigenvalue weighted by Gasteiger charge is 2.11. The summed E-state index contributed by atoms with van der Waals surface area (Å²) >= 11 is 0. The monoisotopic (exact) mass is 191 g/mol. The lowest BCUT2D eigenvalue weighted by Gasteiger charge is -2.15. The van der Waals surface area contributed by atoms with Crippen molar-refractivity contribution < 1.29 is 9.63 Å². The van der Waals surface area contributed by atoms with E-state index in [9.17, 15) is 4.79 Å². The summed E-state index contributed by atoms with van der Waals surface area (Å²) in [6.07, 6.45) is 3.97. The number of pyridine rings is 1. The minimum absolute atomic E-state index is 0.426. The Labute approximate surface area is 80.9 Å². The number of hydrazine groups is 1. The number of carbonyl (C=O) groups is 1. The van der Waals surface area contributed by atoms with Crippen molar-refractivity contribution in [3.8, 4) is 0 Å². The summed E-state index contributed by atoms with van der Waals surface area (Å²) < 4.78 is 0. The van der Waals surface area contributed by atoms with Crippen molar-refractivity contribution in [2.75, 3.05) is 5.01 Å². The molecule has 14 heavy (non-hydrogen) atoms. The quantitative estimate of drug-likeness (QED) is 0.705. The number of nitrogens with one attached hydrogen (secondary N) is 1. The number of hydrogen-bond donors (Lipinski definition) is 1. The van der Waals surface area contributed by atoms with E-state index < -0.39 is 0 Å². The van der Waals surface area contributed by atoms with Crippen molar-refractivity contribution in [2.24, 2.45) is 0 Å². The van der Waals surface area contributed by atoms with Crippen molar-refractivity contribution in [3.63, 3.8) is 0 Å². The van der Waals surface area contributed by atoms with Gasteiger partial charge in [0.25, 0.3) is 0 Å². The number of hydrogen-bond acceptors (Lipinski definition) is 5. The Balaban J connectivity index is 2.34. The molecule has 0 bridgehead atoms. The lowest BCUT2D eigenvalue weighted by Crippen LogP contribution is -2.27. The molecule has 5 nitrogen and oxygen atoms in total. The molecule has 1 aliphatic heterocycles. The molecule has 0 atom stereocenters. The molecular weight excluding hydrogens is 182 g/mol. The number of aldehydes is 1. The molecule has 1 aromatic heterocycles. The van der Waals surface area contributed by atoms with E-state index in [1.54, 1.807) is 23.3 Å². The second kappa shape index (κ2) is 3.47. The number of anilines is 1. The molecule has 0 unspecified atom stereocenters. The molecule has 1 aliphatic rings. The van der Waals surface area contributed by atoms with Gasteiger partial charge in [-0.15, -0.1) is 0 Å². The van der Waals surface area contributed by atoms with Crippen LogP contribution in [0.25, 0.3) is 0 Å². The van der Waals surface area contributed by atoms with Gasteiger partial charge in [0.1, 0.15) is 12.0 Å². The maximum Gasteiger partial charge on any atom is 0.168 e. The summed E-state index contributed by atoms with van der Waals surface area (Å²) in [7, 11) is 0. The first kappa shape index (κ1) is 8.71. The molecule has 0 radical (unpaired) electrons. The van der Waals surface area contributed by atoms with Gasteiger partial charge in [0, 0.05) is 0 Å². The van der Waals surface area contributed by atoms with Gasteiger partial charge in [-0.05, 0) is 19.1 Å². The van der Waals surface area contributed by atoms with E-state index in [0.29, 0.717) is 5.69 Å². The summed E-state index contributed by atoms with van der Waals surface area (Å²) in [5.74, 6) is 0. The van der Waals surface area contributed by atoms with Gasteiger partial charge in [-0.3, -0.25) is 4.79 Å². The zero-order valence-electron chi connectivity index (χ0n) is 7.60. The van der Waals surface area contributed by atoms with Gasteiger partial charge in [0.05, 0.1) is 17.6 Å². The standard InChI is InChI=1S/C9H9N3O2/c1-7-9(12-4-5-14-11-12)3-2-8(6-13)10-7/h2-6,11H,1H3. The average Bonchev–Trinajstić information content (AvgIpc) is 2.70. The molecule has 5 heteroatoms. The van der Waals surface area contributed by atoms with Crippen LogP contribution in [0.5, 0.6) is 0 Å². The molecule has 1 aromatic rings. The van der Waals surface area contributed by atoms with Gasteiger partial charge >= 0.3 is 0 Å². The third-order valence-electron chi connectivity index (χ3n) is 1.89. The first-order valence-corrected chi connectivity index (χ1v) is 4.11. The zero-order chi connectivity index (χ0) is 9.97. The fourth-order valence-electron chi connectivity index (χ4n) is 1.23. The van der Waals surface area contributed by atoms with E-state index in [1.807, 2.05) is 6.92 Å². The third kappa shape index (κ3) is 1.45. The maximum absolute atomic E-state index is 10.5. The Kier molecular flexibility index (Phi) is 2.16. The molecular formula is C9H9N3O2. The topological polar surface area (TPSA) is 54.5 Å². The van der Waals surface area contributed by atoms with Crippen molar-refractivity contribution in [3.05, 3.63) is 36.0 Å². The summed E-state index contributed by atoms with van der Waals surface area (Å²) in [6, 6.07) is 3.46. The number of aryl methyl sites for hydroxylation is 1. The number of carbonyl (C=O) groups excluding carboxylic acids is 1. The van der Waals surface area contributed by atoms with Crippen LogP contribution < -0.4 is 10.6 Å². The van der Waals surface area contributed by atoms with E-state index in [4.69, 9.17) is 4.84 Å². The molecule has 0 saturated heterocycles. The molecule has 2 rings (SSSR count). The van der Waals surface area contributed by atoms with E-state index in [2.05, 4.69) is 10.6 Å². The van der Waals surface area contributed by atoms with Gasteiger partial charge in [0.15, 0.2) is 6.29 Å². The van der Waals surface area contributed by atoms with Crippen molar-refractivity contribution in [1.29, 1.82) is 0 Å². The van der Waals surface area contributed by atoms with Crippen LogP contribution in [0.15, 0.2) is 24.6 Å². The van der Waals surface area contributed by atoms with E-state index >= 15 is 0 Å². The molecule has 0 saturated carbocycles. The Bertz CT molecular complexity index is 390. The van der Waals surface area contributed by atoms with Crippen LogP contribution in [0.4, 0.5) is 5.69 Å². The predicted octanol–water partition coefficient (Wildman–Crippen LogP) is 0.930. The summed E-state index contributed by atoms with van der Waals surface area (Å²) in [5.41, 5.74) is 4.68. The third-order valence-corrected chi connectivity index (χ3v) is 1.89. The molecule has 0 aromatic carbocycles. The number of nitrogens with zero attached hydrogens (tertiary/aromatic N) is 2. The van der Waals surface area contributed by atoms with E-state index in [1.165, 1.54) is 6.26 Å². The van der Waals surface area contributed by atoms with Gasteiger partial charge < -0.3 is 4.84 Å². The predicted molar refractivity (Wildman–Crippen MR) is 50.2 cm³/mol. The molecule has 0 fully saturated rings. The first-order valence-electron chi connectivity index (χ1n) is 4.11. The van der Waals surface area contributed by atoms with E-state index in [0.717, 1.165) is 17.7 Å². The summed E-state index contributed by atoms with van der Waals surface area (Å²) in [6.45, 7) is 1.83. The fraction of sp³-hybridized carbons (Fsp3) is 0.111. The fourth-order valence-corrected chi connectivity index (χ4v) is 1.23. The highest BCUT2D eigenvalue weighted by Crippen LogP contribution is 2.18. The largest absolute Gasteiger partial charge is 0.395 e. The Morgan fingerprint density at radius 2 is 2.43 bits per heavy atom. The summed E-state index contributed by atoms with van der Waals surface area (Å²) in [4.78, 5) is 19.4. The Morgan fingerprint density at radius 3 is 3.00 bits per heavy atom. The van der Waals surface area contributed by atoms with Crippen molar-refractivity contribution in [1.82, 2.24) is 10.6 Å². The maximum atomic E-state index is 10.5. The minimum atomic E-state index is 0.426. The van der Waals surface area contributed by atoms with Crippen molar-refractivity contribution >= 4 is 12.0 Å². The van der Waals surface area contributed by atoms with Crippen LogP contribution in [0.2, 0.25) is 0 Å². The summed E-state index contributed by atoms with van der Waals surface area (Å²) in [5, 5.41) is 1.68. The average molecular weight is 191 g/mol. The van der Waals surface area contributed by atoms with Gasteiger partial charge in [-0.2, -0.15) is 0 Å². The zero-order valence-corrected chi connectivity index (χ0v) is 7.60. The molecule has 1 N–H and O–H groups in total. The lowest BCUT2D eigenvalue weighted by atomic mass is 10.2. The van der Waals surface area contributed by atoms with Gasteiger partial charge in [0.2, 0.25) is 0 Å². The van der Waals surface area contributed by atoms with Crippen molar-refractivity contribution in [2.45, 2.75) is 6.92 Å². The number of rotatable bonds is 2. The molecule has 0 spiro atoms. The molecule has 0 amide bonds. The SMILES string of the molecule is Cc1nc(C=O)ccc1N1C=CON1. The van der Waals surface area contributed by atoms with Crippen LogP contribution in [-0.4, -0.2) is 11.3 Å². The van der Waals surface area contributed by atoms with Crippen LogP contribution in [0.3, 0.4) is 0 Å². The van der Waals surface area contributed by atoms with Crippen LogP contribution in [0.1, 0.15) is 16.2 Å². The molecule has 2 heterocycles. The normalized spacial score (nSPS) is 14.2. The number of aromatic nitrogens is 1. The highest BCUT2D eigenvalue weighted by atomic mass is 16.7. The minimum Gasteiger partial charge on any atom is -0.395 e. The van der Waals surface area contributed by atoms with E-state index in [-0.39, 0.29) is 0 Å². The van der Waals surface area contributed by atoms with Gasteiger partial charge in [-0.1, -0.05) is 5.59 Å². The second-order valence-electron chi connectivity index (χ2n) is 2.82. The highest BCUT2D eigenvalue weighted by molar-refractivity contribution is 5.73. The lowest BCUT2D eigenvalue weighted by molar-refractivity contribution is 0.111. The first-order chi connectivity index (χ1) is 6.81. The Hall–Kier alpha value is -1.88. The van der Waals surface area contributed by atoms with Crippen LogP contribution >= 0.6 is 0 Å². The molecule has 72 valence electrons. The Morgan fingerprint density at radius 1 is 1.57 bits per heavy atom. The second-order valence-corrected chi connectivity index (χ2v) is 2.82. The van der Waals surface area contributed by atoms with Crippen LogP contribution in [0, 0.1) is 6.92 Å². The smallest absolute Gasteiger partial charge is 0.168 e. The van der Waals surface area contributed by atoms with Crippen LogP contribution in [-0.2, 0) is 4.84 Å². The van der Waals surface area contributed by atoms with Gasteiger partial charge in [-0.25, -0.2) is 9.99 Å². The molecule has 0 aliphatic carbocycles.